The van der Waals surface area contributed by atoms with Gasteiger partial charge in [0, 0.05) is 18.9 Å². The summed E-state index contributed by atoms with van der Waals surface area (Å²) in [6, 6.07) is -1.17. The number of ether oxygens (including phenoxy) is 1. The Morgan fingerprint density at radius 3 is 2.42 bits per heavy atom. The van der Waals surface area contributed by atoms with Crippen molar-refractivity contribution in [3.63, 3.8) is 0 Å². The van der Waals surface area contributed by atoms with Crippen molar-refractivity contribution in [1.82, 2.24) is 25.2 Å². The minimum Gasteiger partial charge on any atom is -0.467 e. The summed E-state index contributed by atoms with van der Waals surface area (Å²) < 4.78 is 6.45. The molecule has 11 nitrogen and oxygen atoms in total. The van der Waals surface area contributed by atoms with Crippen LogP contribution in [0, 0.1) is 11.8 Å². The number of methoxy groups -OCH3 is 1. The van der Waals surface area contributed by atoms with Crippen LogP contribution in [-0.2, 0) is 24.7 Å². The fourth-order valence-corrected chi connectivity index (χ4v) is 7.06. The zero-order chi connectivity index (χ0) is 29.1. The smallest absolute Gasteiger partial charge is 0.337 e. The number of likely N-dealkylation sites (tertiary alicyclic amines) is 1. The van der Waals surface area contributed by atoms with E-state index in [-0.39, 0.29) is 30.8 Å². The predicted molar refractivity (Wildman–Crippen MR) is 147 cm³/mol. The first-order valence-corrected chi connectivity index (χ1v) is 15.0. The zero-order valence-corrected chi connectivity index (χ0v) is 24.5. The predicted octanol–water partition coefficient (Wildman–Crippen LogP) is 2.61. The normalized spacial score (nSPS) is 25.3. The lowest BCUT2D eigenvalue weighted by Gasteiger charge is -2.41. The molecule has 1 aromatic rings. The SMILES string of the molecule is COC(=O)C(O)C1(NC(=O)[C@@H]2C[C@H](n3nncc3C(C)(C)O)CN2C(=O)[C@H](C)CC2CCCCC2)CCCCC1. The van der Waals surface area contributed by atoms with Gasteiger partial charge in [0.2, 0.25) is 11.8 Å². The number of hydrogen-bond donors (Lipinski definition) is 3. The van der Waals surface area contributed by atoms with Crippen molar-refractivity contribution in [2.75, 3.05) is 13.7 Å². The molecule has 3 N–H and O–H groups in total. The number of aliphatic hydroxyl groups is 2. The van der Waals surface area contributed by atoms with E-state index < -0.39 is 35.2 Å². The van der Waals surface area contributed by atoms with E-state index in [1.165, 1.54) is 32.6 Å². The molecule has 40 heavy (non-hydrogen) atoms. The highest BCUT2D eigenvalue weighted by Gasteiger charge is 2.49. The second-order valence-electron chi connectivity index (χ2n) is 12.8. The van der Waals surface area contributed by atoms with E-state index in [1.54, 1.807) is 23.4 Å². The third kappa shape index (κ3) is 6.51. The Bertz CT molecular complexity index is 1040. The van der Waals surface area contributed by atoms with E-state index >= 15 is 0 Å². The van der Waals surface area contributed by atoms with Crippen molar-refractivity contribution in [3.8, 4) is 0 Å². The molecule has 1 saturated heterocycles. The molecule has 0 spiro atoms. The second kappa shape index (κ2) is 12.5. The maximum Gasteiger partial charge on any atom is 0.337 e. The monoisotopic (exact) mass is 561 g/mol. The molecule has 0 bridgehead atoms. The Labute approximate surface area is 237 Å². The molecule has 2 amide bonds. The van der Waals surface area contributed by atoms with Gasteiger partial charge in [0.15, 0.2) is 6.10 Å². The minimum atomic E-state index is -1.49. The molecule has 0 aromatic carbocycles. The first kappa shape index (κ1) is 30.4. The van der Waals surface area contributed by atoms with Gasteiger partial charge in [-0.15, -0.1) is 5.10 Å². The van der Waals surface area contributed by atoms with Gasteiger partial charge in [-0.2, -0.15) is 0 Å². The lowest BCUT2D eigenvalue weighted by atomic mass is 9.77. The maximum absolute atomic E-state index is 14.0. The molecule has 3 aliphatic rings. The maximum atomic E-state index is 14.0. The van der Waals surface area contributed by atoms with Crippen LogP contribution >= 0.6 is 0 Å². The van der Waals surface area contributed by atoms with Crippen LogP contribution in [0.1, 0.15) is 110 Å². The molecule has 3 fully saturated rings. The molecular weight excluding hydrogens is 514 g/mol. The Hall–Kier alpha value is -2.53. The molecule has 2 saturated carbocycles. The molecule has 11 heteroatoms. The summed E-state index contributed by atoms with van der Waals surface area (Å²) in [6.07, 6.45) is 10.3. The molecule has 1 aliphatic heterocycles. The summed E-state index contributed by atoms with van der Waals surface area (Å²) in [5.41, 5.74) is -1.84. The van der Waals surface area contributed by atoms with E-state index in [4.69, 9.17) is 4.74 Å². The molecular formula is C29H47N5O6. The number of amides is 2. The average Bonchev–Trinajstić information content (AvgIpc) is 3.61. The van der Waals surface area contributed by atoms with E-state index in [0.29, 0.717) is 24.5 Å². The molecule has 2 aliphatic carbocycles. The molecule has 4 rings (SSSR count). The van der Waals surface area contributed by atoms with Gasteiger partial charge in [0.25, 0.3) is 0 Å². The molecule has 1 aromatic heterocycles. The summed E-state index contributed by atoms with van der Waals surface area (Å²) in [7, 11) is 1.22. The van der Waals surface area contributed by atoms with Crippen molar-refractivity contribution >= 4 is 17.8 Å². The number of nitrogens with zero attached hydrogens (tertiary/aromatic N) is 4. The number of esters is 1. The van der Waals surface area contributed by atoms with Crippen LogP contribution < -0.4 is 5.32 Å². The highest BCUT2D eigenvalue weighted by Crippen LogP contribution is 2.36. The van der Waals surface area contributed by atoms with Gasteiger partial charge in [0.05, 0.1) is 30.6 Å². The highest BCUT2D eigenvalue weighted by atomic mass is 16.5. The fraction of sp³-hybridized carbons (Fsp3) is 0.828. The van der Waals surface area contributed by atoms with Crippen LogP contribution in [0.4, 0.5) is 0 Å². The number of hydrogen-bond acceptors (Lipinski definition) is 8. The van der Waals surface area contributed by atoms with Crippen molar-refractivity contribution < 1.29 is 29.3 Å². The van der Waals surface area contributed by atoms with Gasteiger partial charge in [-0.25, -0.2) is 9.48 Å². The van der Waals surface area contributed by atoms with Crippen molar-refractivity contribution in [1.29, 1.82) is 0 Å². The fourth-order valence-electron chi connectivity index (χ4n) is 7.06. The van der Waals surface area contributed by atoms with Crippen LogP contribution in [0.15, 0.2) is 6.20 Å². The summed E-state index contributed by atoms with van der Waals surface area (Å²) in [6.45, 7) is 5.50. The number of carbonyl (C=O) groups excluding carboxylic acids is 3. The van der Waals surface area contributed by atoms with Gasteiger partial charge in [-0.1, -0.05) is 63.5 Å². The number of aromatic nitrogens is 3. The highest BCUT2D eigenvalue weighted by molar-refractivity contribution is 5.90. The quantitative estimate of drug-likeness (QED) is 0.390. The third-order valence-corrected chi connectivity index (χ3v) is 9.31. The van der Waals surface area contributed by atoms with Gasteiger partial charge in [-0.3, -0.25) is 9.59 Å². The third-order valence-electron chi connectivity index (χ3n) is 9.31. The zero-order valence-electron chi connectivity index (χ0n) is 24.5. The Balaban J connectivity index is 1.60. The topological polar surface area (TPSA) is 147 Å². The van der Waals surface area contributed by atoms with E-state index in [1.807, 2.05) is 6.92 Å². The summed E-state index contributed by atoms with van der Waals surface area (Å²) >= 11 is 0. The van der Waals surface area contributed by atoms with Crippen LogP contribution in [0.2, 0.25) is 0 Å². The Morgan fingerprint density at radius 1 is 1.15 bits per heavy atom. The largest absolute Gasteiger partial charge is 0.467 e. The standard InChI is InChI=1S/C29H47N5O6/c1-19(15-20-11-7-5-8-12-20)26(37)33-18-21(34-23(17-30-32-34)28(2,3)39)16-22(33)25(36)31-29(13-9-6-10-14-29)24(35)27(38)40-4/h17,19-22,24,35,39H,5-16,18H2,1-4H3,(H,31,36)/t19-,21+,22+,24?/m1/s1. The number of aliphatic hydroxyl groups excluding tert-OH is 1. The molecule has 224 valence electrons. The first-order valence-electron chi connectivity index (χ1n) is 15.0. The first-order chi connectivity index (χ1) is 19.0. The lowest BCUT2D eigenvalue weighted by Crippen LogP contribution is -2.63. The van der Waals surface area contributed by atoms with Gasteiger partial charge >= 0.3 is 5.97 Å². The van der Waals surface area contributed by atoms with Crippen molar-refractivity contribution in [3.05, 3.63) is 11.9 Å². The van der Waals surface area contributed by atoms with Crippen LogP contribution in [0.25, 0.3) is 0 Å². The van der Waals surface area contributed by atoms with E-state index in [0.717, 1.165) is 38.5 Å². The van der Waals surface area contributed by atoms with Crippen LogP contribution in [0.3, 0.4) is 0 Å². The number of rotatable bonds is 9. The van der Waals surface area contributed by atoms with Gasteiger partial charge in [0.1, 0.15) is 11.6 Å². The molecule has 1 unspecified atom stereocenters. The van der Waals surface area contributed by atoms with E-state index in [2.05, 4.69) is 15.6 Å². The molecule has 4 atom stereocenters. The molecule has 2 heterocycles. The minimum absolute atomic E-state index is 0.0793. The van der Waals surface area contributed by atoms with Crippen molar-refractivity contribution in [2.45, 2.75) is 127 Å². The summed E-state index contributed by atoms with van der Waals surface area (Å²) in [4.78, 5) is 41.9. The van der Waals surface area contributed by atoms with E-state index in [9.17, 15) is 24.6 Å². The van der Waals surface area contributed by atoms with Gasteiger partial charge in [-0.05, 0) is 39.0 Å². The second-order valence-corrected chi connectivity index (χ2v) is 12.8. The van der Waals surface area contributed by atoms with Gasteiger partial charge < -0.3 is 25.2 Å². The summed E-state index contributed by atoms with van der Waals surface area (Å²) in [5.74, 6) is -0.986. The average molecular weight is 562 g/mol. The Kier molecular flexibility index (Phi) is 9.55. The molecule has 0 radical (unpaired) electrons. The number of carbonyl (C=O) groups is 3. The summed E-state index contributed by atoms with van der Waals surface area (Å²) in [5, 5.41) is 32.9. The van der Waals surface area contributed by atoms with Crippen LogP contribution in [-0.4, -0.2) is 79.2 Å². The lowest BCUT2D eigenvalue weighted by molar-refractivity contribution is -0.158. The number of nitrogens with one attached hydrogen (secondary N) is 1. The Morgan fingerprint density at radius 2 is 1.80 bits per heavy atom. The van der Waals surface area contributed by atoms with Crippen molar-refractivity contribution in [2.24, 2.45) is 11.8 Å². The van der Waals surface area contributed by atoms with Crippen LogP contribution in [0.5, 0.6) is 0 Å².